The van der Waals surface area contributed by atoms with Gasteiger partial charge in [0.25, 0.3) is 0 Å². The number of unbranched alkanes of at least 4 members (excludes halogenated alkanes) is 4. The van der Waals surface area contributed by atoms with Crippen LogP contribution in [0.5, 0.6) is 0 Å². The molecule has 3 aromatic rings. The van der Waals surface area contributed by atoms with Crippen LogP contribution in [-0.2, 0) is 6.54 Å². The predicted octanol–water partition coefficient (Wildman–Crippen LogP) is 5.98. The summed E-state index contributed by atoms with van der Waals surface area (Å²) in [5.74, 6) is 1.10. The van der Waals surface area contributed by atoms with E-state index in [-0.39, 0.29) is 0 Å². The van der Waals surface area contributed by atoms with Crippen molar-refractivity contribution >= 4 is 11.0 Å². The van der Waals surface area contributed by atoms with Crippen molar-refractivity contribution in [1.29, 1.82) is 0 Å². The number of aryl methyl sites for hydroxylation is 2. The summed E-state index contributed by atoms with van der Waals surface area (Å²) in [5, 5.41) is 0. The Morgan fingerprint density at radius 2 is 1.61 bits per heavy atom. The second-order valence-electron chi connectivity index (χ2n) is 6.36. The van der Waals surface area contributed by atoms with Crippen molar-refractivity contribution in [2.75, 3.05) is 0 Å². The molecule has 0 saturated carbocycles. The van der Waals surface area contributed by atoms with Crippen LogP contribution in [0, 0.1) is 6.92 Å². The Bertz CT molecular complexity index is 753. The number of fused-ring (bicyclic) bond motifs is 1. The molecule has 0 aliphatic rings. The van der Waals surface area contributed by atoms with Crippen LogP contribution >= 0.6 is 0 Å². The molecule has 2 aromatic carbocycles. The van der Waals surface area contributed by atoms with Gasteiger partial charge in [-0.2, -0.15) is 0 Å². The zero-order valence-corrected chi connectivity index (χ0v) is 14.3. The van der Waals surface area contributed by atoms with Gasteiger partial charge in [-0.15, -0.1) is 0 Å². The molecule has 120 valence electrons. The molecule has 0 bridgehead atoms. The van der Waals surface area contributed by atoms with Gasteiger partial charge in [0.05, 0.1) is 11.0 Å². The van der Waals surface area contributed by atoms with Gasteiger partial charge >= 0.3 is 0 Å². The Labute approximate surface area is 139 Å². The minimum absolute atomic E-state index is 1.05. The van der Waals surface area contributed by atoms with Crippen LogP contribution in [0.3, 0.4) is 0 Å². The second kappa shape index (κ2) is 7.45. The average molecular weight is 306 g/mol. The summed E-state index contributed by atoms with van der Waals surface area (Å²) in [6, 6.07) is 17.2. The molecule has 2 nitrogen and oxygen atoms in total. The zero-order valence-electron chi connectivity index (χ0n) is 14.3. The highest BCUT2D eigenvalue weighted by molar-refractivity contribution is 5.80. The number of hydrogen-bond acceptors (Lipinski definition) is 1. The molecule has 0 aliphatic heterocycles. The van der Waals surface area contributed by atoms with Crippen LogP contribution in [0.15, 0.2) is 48.5 Å². The molecule has 0 fully saturated rings. The van der Waals surface area contributed by atoms with Crippen LogP contribution in [0.4, 0.5) is 0 Å². The highest BCUT2D eigenvalue weighted by Crippen LogP contribution is 2.25. The number of hydrogen-bond donors (Lipinski definition) is 0. The summed E-state index contributed by atoms with van der Waals surface area (Å²) in [4.78, 5) is 4.89. The molecule has 3 rings (SSSR count). The lowest BCUT2D eigenvalue weighted by Gasteiger charge is -2.09. The first-order chi connectivity index (χ1) is 11.3. The fraction of sp³-hybridized carbons (Fsp3) is 0.381. The van der Waals surface area contributed by atoms with Crippen molar-refractivity contribution in [3.05, 3.63) is 54.1 Å². The van der Waals surface area contributed by atoms with E-state index in [1.54, 1.807) is 0 Å². The van der Waals surface area contributed by atoms with Crippen molar-refractivity contribution in [1.82, 2.24) is 9.55 Å². The Morgan fingerprint density at radius 3 is 2.39 bits per heavy atom. The number of nitrogens with zero attached hydrogens (tertiary/aromatic N) is 2. The molecule has 0 saturated heterocycles. The third kappa shape index (κ3) is 3.64. The first kappa shape index (κ1) is 15.8. The Morgan fingerprint density at radius 1 is 0.870 bits per heavy atom. The van der Waals surface area contributed by atoms with Gasteiger partial charge in [0, 0.05) is 12.1 Å². The Kier molecular flexibility index (Phi) is 5.12. The van der Waals surface area contributed by atoms with E-state index in [0.29, 0.717) is 0 Å². The molecule has 2 heteroatoms. The molecular formula is C21H26N2. The van der Waals surface area contributed by atoms with E-state index in [4.69, 9.17) is 4.98 Å². The molecular weight excluding hydrogens is 280 g/mol. The number of rotatable bonds is 7. The summed E-state index contributed by atoms with van der Waals surface area (Å²) in [7, 11) is 0. The second-order valence-corrected chi connectivity index (χ2v) is 6.36. The maximum atomic E-state index is 4.89. The molecule has 0 atom stereocenters. The highest BCUT2D eigenvalue weighted by Gasteiger charge is 2.11. The smallest absolute Gasteiger partial charge is 0.141 e. The van der Waals surface area contributed by atoms with E-state index in [0.717, 1.165) is 17.9 Å². The number of benzene rings is 2. The fourth-order valence-electron chi connectivity index (χ4n) is 3.10. The van der Waals surface area contributed by atoms with Crippen molar-refractivity contribution in [3.63, 3.8) is 0 Å². The van der Waals surface area contributed by atoms with E-state index < -0.39 is 0 Å². The lowest BCUT2D eigenvalue weighted by Crippen LogP contribution is -2.01. The molecule has 1 aromatic heterocycles. The fourth-order valence-corrected chi connectivity index (χ4v) is 3.10. The largest absolute Gasteiger partial charge is 0.324 e. The van der Waals surface area contributed by atoms with Crippen LogP contribution in [0.2, 0.25) is 0 Å². The van der Waals surface area contributed by atoms with Crippen LogP contribution in [-0.4, -0.2) is 9.55 Å². The topological polar surface area (TPSA) is 17.8 Å². The first-order valence-corrected chi connectivity index (χ1v) is 8.82. The molecule has 0 amide bonds. The standard InChI is InChI=1S/C21H26N2/c1-3-4-5-6-9-16-23-20-11-8-7-10-19(20)22-21(23)18-14-12-17(2)13-15-18/h7-8,10-15H,3-6,9,16H2,1-2H3. The molecule has 23 heavy (non-hydrogen) atoms. The average Bonchev–Trinajstić information content (AvgIpc) is 2.94. The third-order valence-electron chi connectivity index (χ3n) is 4.45. The SMILES string of the molecule is CCCCCCCn1c(-c2ccc(C)cc2)nc2ccccc21. The van der Waals surface area contributed by atoms with Gasteiger partial charge in [-0.3, -0.25) is 0 Å². The minimum atomic E-state index is 1.05. The zero-order chi connectivity index (χ0) is 16.1. The molecule has 0 N–H and O–H groups in total. The van der Waals surface area contributed by atoms with Gasteiger partial charge in [-0.1, -0.05) is 74.6 Å². The summed E-state index contributed by atoms with van der Waals surface area (Å²) in [5.41, 5.74) is 4.84. The van der Waals surface area contributed by atoms with Gasteiger partial charge in [-0.25, -0.2) is 4.98 Å². The van der Waals surface area contributed by atoms with Gasteiger partial charge in [0.1, 0.15) is 5.82 Å². The Hall–Kier alpha value is -2.09. The lowest BCUT2D eigenvalue weighted by atomic mass is 10.1. The number of aromatic nitrogens is 2. The maximum absolute atomic E-state index is 4.89. The monoisotopic (exact) mass is 306 g/mol. The molecule has 0 aliphatic carbocycles. The summed E-state index contributed by atoms with van der Waals surface area (Å²) in [6.07, 6.45) is 6.49. The van der Waals surface area contributed by atoms with Crippen molar-refractivity contribution in [3.8, 4) is 11.4 Å². The Balaban J connectivity index is 1.90. The van der Waals surface area contributed by atoms with E-state index in [9.17, 15) is 0 Å². The van der Waals surface area contributed by atoms with Gasteiger partial charge in [0.2, 0.25) is 0 Å². The van der Waals surface area contributed by atoms with E-state index in [1.165, 1.54) is 48.7 Å². The first-order valence-electron chi connectivity index (χ1n) is 8.82. The van der Waals surface area contributed by atoms with E-state index in [1.807, 2.05) is 0 Å². The van der Waals surface area contributed by atoms with Crippen LogP contribution < -0.4 is 0 Å². The molecule has 0 unspecified atom stereocenters. The summed E-state index contributed by atoms with van der Waals surface area (Å²) >= 11 is 0. The van der Waals surface area contributed by atoms with E-state index >= 15 is 0 Å². The van der Waals surface area contributed by atoms with Crippen LogP contribution in [0.25, 0.3) is 22.4 Å². The predicted molar refractivity (Wildman–Crippen MR) is 98.7 cm³/mol. The third-order valence-corrected chi connectivity index (χ3v) is 4.45. The molecule has 0 spiro atoms. The molecule has 1 heterocycles. The summed E-state index contributed by atoms with van der Waals surface area (Å²) in [6.45, 7) is 5.44. The normalized spacial score (nSPS) is 11.2. The van der Waals surface area contributed by atoms with Crippen molar-refractivity contribution in [2.45, 2.75) is 52.5 Å². The lowest BCUT2D eigenvalue weighted by molar-refractivity contribution is 0.578. The van der Waals surface area contributed by atoms with Crippen molar-refractivity contribution < 1.29 is 0 Å². The number of para-hydroxylation sites is 2. The highest BCUT2D eigenvalue weighted by atomic mass is 15.1. The van der Waals surface area contributed by atoms with Crippen molar-refractivity contribution in [2.24, 2.45) is 0 Å². The summed E-state index contributed by atoms with van der Waals surface area (Å²) < 4.78 is 2.39. The van der Waals surface area contributed by atoms with Gasteiger partial charge in [0.15, 0.2) is 0 Å². The van der Waals surface area contributed by atoms with Gasteiger partial charge < -0.3 is 4.57 Å². The van der Waals surface area contributed by atoms with E-state index in [2.05, 4.69) is 66.9 Å². The molecule has 0 radical (unpaired) electrons. The maximum Gasteiger partial charge on any atom is 0.141 e. The minimum Gasteiger partial charge on any atom is -0.324 e. The quantitative estimate of drug-likeness (QED) is 0.491. The van der Waals surface area contributed by atoms with Gasteiger partial charge in [-0.05, 0) is 25.5 Å². The number of imidazole rings is 1. The van der Waals surface area contributed by atoms with Crippen LogP contribution in [0.1, 0.15) is 44.6 Å².